The van der Waals surface area contributed by atoms with E-state index in [-0.39, 0.29) is 42.3 Å². The van der Waals surface area contributed by atoms with Gasteiger partial charge in [0.2, 0.25) is 18.6 Å². The number of benzene rings is 3. The lowest BCUT2D eigenvalue weighted by Gasteiger charge is -2.23. The topological polar surface area (TPSA) is 94.9 Å². The lowest BCUT2D eigenvalue weighted by Crippen LogP contribution is -2.44. The van der Waals surface area contributed by atoms with Crippen molar-refractivity contribution in [3.05, 3.63) is 89.5 Å². The molecule has 3 aromatic carbocycles. The van der Waals surface area contributed by atoms with Gasteiger partial charge in [-0.05, 0) is 55.2 Å². The van der Waals surface area contributed by atoms with Gasteiger partial charge in [0, 0.05) is 24.3 Å². The Morgan fingerprint density at radius 2 is 1.91 bits per heavy atom. The molecule has 0 saturated carbocycles. The maximum Gasteiger partial charge on any atom is 0.240 e. The van der Waals surface area contributed by atoms with Crippen LogP contribution in [-0.4, -0.2) is 59.9 Å². The molecular formula is C33H32N4O5S. The third-order valence-corrected chi connectivity index (χ3v) is 9.19. The minimum atomic E-state index is -0.262. The molecule has 43 heavy (non-hydrogen) atoms. The highest BCUT2D eigenvalue weighted by molar-refractivity contribution is 8.00. The van der Waals surface area contributed by atoms with Crippen molar-refractivity contribution < 1.29 is 23.8 Å². The van der Waals surface area contributed by atoms with Gasteiger partial charge in [0.15, 0.2) is 11.5 Å². The van der Waals surface area contributed by atoms with E-state index in [2.05, 4.69) is 5.32 Å². The van der Waals surface area contributed by atoms with Gasteiger partial charge in [-0.3, -0.25) is 14.5 Å². The van der Waals surface area contributed by atoms with E-state index in [0.29, 0.717) is 30.5 Å². The average molecular weight is 597 g/mol. The number of thioether (sulfide) groups is 1. The molecule has 2 unspecified atom stereocenters. The van der Waals surface area contributed by atoms with Crippen LogP contribution in [0.25, 0.3) is 16.9 Å². The van der Waals surface area contributed by atoms with E-state index in [1.165, 1.54) is 11.8 Å². The summed E-state index contributed by atoms with van der Waals surface area (Å²) in [5.41, 5.74) is 5.39. The maximum absolute atomic E-state index is 13.9. The summed E-state index contributed by atoms with van der Waals surface area (Å²) >= 11 is 1.53. The number of aryl methyl sites for hydroxylation is 1. The number of nitrogens with zero attached hydrogens (tertiary/aromatic N) is 3. The number of carbonyl (C=O) groups excluding carboxylic acids is 2. The fourth-order valence-corrected chi connectivity index (χ4v) is 7.03. The summed E-state index contributed by atoms with van der Waals surface area (Å²) in [6.07, 6.45) is 1.92. The molecule has 2 atom stereocenters. The van der Waals surface area contributed by atoms with Crippen molar-refractivity contribution in [2.75, 3.05) is 37.1 Å². The molecule has 7 rings (SSSR count). The SMILES string of the molecule is Cc1cccc(-n2nc(-c3ccccc3)c3c2N(CC(=O)NCC2CCCO2)C(=O)CSC3c2ccc3c(c2)OCO3)c1. The normalized spacial score (nSPS) is 19.3. The molecule has 220 valence electrons. The lowest BCUT2D eigenvalue weighted by atomic mass is 9.99. The third-order valence-electron chi connectivity index (χ3n) is 7.93. The Kier molecular flexibility index (Phi) is 7.54. The molecule has 3 aliphatic rings. The molecule has 10 heteroatoms. The van der Waals surface area contributed by atoms with Crippen LogP contribution in [0.5, 0.6) is 11.5 Å². The van der Waals surface area contributed by atoms with Crippen LogP contribution in [0.15, 0.2) is 72.8 Å². The molecule has 0 radical (unpaired) electrons. The first kappa shape index (κ1) is 27.5. The summed E-state index contributed by atoms with van der Waals surface area (Å²) in [4.78, 5) is 28.9. The molecular weight excluding hydrogens is 564 g/mol. The molecule has 0 spiro atoms. The standard InChI is InChI=1S/C33H32N4O5S/c1-21-7-5-10-24(15-21)37-33-30(31(35-37)22-8-3-2-4-9-22)32(23-12-13-26-27(16-23)42-20-41-26)43-19-29(39)36(33)18-28(38)34-17-25-11-6-14-40-25/h2-5,7-10,12-13,15-16,25,32H,6,11,14,17-20H2,1H3,(H,34,38). The first-order valence-corrected chi connectivity index (χ1v) is 15.6. The van der Waals surface area contributed by atoms with Crippen LogP contribution in [-0.2, 0) is 14.3 Å². The van der Waals surface area contributed by atoms with Gasteiger partial charge in [-0.2, -0.15) is 5.10 Å². The van der Waals surface area contributed by atoms with Gasteiger partial charge in [0.1, 0.15) is 12.4 Å². The molecule has 1 N–H and O–H groups in total. The first-order valence-electron chi connectivity index (χ1n) is 14.5. The van der Waals surface area contributed by atoms with Crippen molar-refractivity contribution in [1.82, 2.24) is 15.1 Å². The molecule has 1 saturated heterocycles. The number of carbonyl (C=O) groups is 2. The molecule has 0 aliphatic carbocycles. The second kappa shape index (κ2) is 11.8. The van der Waals surface area contributed by atoms with Crippen molar-refractivity contribution >= 4 is 29.4 Å². The summed E-state index contributed by atoms with van der Waals surface area (Å²) in [5, 5.41) is 7.90. The Morgan fingerprint density at radius 1 is 1.05 bits per heavy atom. The van der Waals surface area contributed by atoms with Crippen molar-refractivity contribution in [1.29, 1.82) is 0 Å². The van der Waals surface area contributed by atoms with Gasteiger partial charge in [-0.15, -0.1) is 11.8 Å². The second-order valence-electron chi connectivity index (χ2n) is 10.9. The maximum atomic E-state index is 13.9. The van der Waals surface area contributed by atoms with E-state index in [1.54, 1.807) is 4.90 Å². The van der Waals surface area contributed by atoms with Crippen molar-refractivity contribution in [3.63, 3.8) is 0 Å². The highest BCUT2D eigenvalue weighted by atomic mass is 32.2. The van der Waals surface area contributed by atoms with Crippen molar-refractivity contribution in [2.45, 2.75) is 31.1 Å². The number of nitrogens with one attached hydrogen (secondary N) is 1. The van der Waals surface area contributed by atoms with E-state index < -0.39 is 0 Å². The highest BCUT2D eigenvalue weighted by Crippen LogP contribution is 2.50. The van der Waals surface area contributed by atoms with Gasteiger partial charge in [-0.1, -0.05) is 48.5 Å². The zero-order valence-corrected chi connectivity index (χ0v) is 24.6. The van der Waals surface area contributed by atoms with Crippen LogP contribution in [0.4, 0.5) is 5.82 Å². The third kappa shape index (κ3) is 5.48. The Bertz CT molecular complexity index is 1670. The molecule has 9 nitrogen and oxygen atoms in total. The van der Waals surface area contributed by atoms with Crippen LogP contribution >= 0.6 is 11.8 Å². The number of anilines is 1. The Hall–Kier alpha value is -4.28. The van der Waals surface area contributed by atoms with Crippen LogP contribution in [0.3, 0.4) is 0 Å². The van der Waals surface area contributed by atoms with Gasteiger partial charge in [0.05, 0.1) is 28.5 Å². The van der Waals surface area contributed by atoms with Crippen LogP contribution < -0.4 is 19.7 Å². The number of hydrogen-bond acceptors (Lipinski definition) is 7. The van der Waals surface area contributed by atoms with E-state index in [0.717, 1.165) is 46.5 Å². The number of amides is 2. The number of rotatable bonds is 7. The minimum Gasteiger partial charge on any atom is -0.454 e. The Balaban J connectivity index is 1.39. The van der Waals surface area contributed by atoms with E-state index in [1.807, 2.05) is 84.4 Å². The average Bonchev–Trinajstić information content (AvgIpc) is 3.78. The van der Waals surface area contributed by atoms with Crippen molar-refractivity contribution in [2.24, 2.45) is 0 Å². The molecule has 1 fully saturated rings. The number of ether oxygens (including phenoxy) is 3. The van der Waals surface area contributed by atoms with Gasteiger partial charge in [-0.25, -0.2) is 4.68 Å². The number of hydrogen-bond donors (Lipinski definition) is 1. The summed E-state index contributed by atoms with van der Waals surface area (Å²) in [7, 11) is 0. The monoisotopic (exact) mass is 596 g/mol. The lowest BCUT2D eigenvalue weighted by molar-refractivity contribution is -0.123. The summed E-state index contributed by atoms with van der Waals surface area (Å²) in [6.45, 7) is 3.21. The zero-order valence-electron chi connectivity index (χ0n) is 23.8. The number of aromatic nitrogens is 2. The smallest absolute Gasteiger partial charge is 0.240 e. The summed E-state index contributed by atoms with van der Waals surface area (Å²) in [6, 6.07) is 23.9. The molecule has 3 aliphatic heterocycles. The van der Waals surface area contributed by atoms with Crippen LogP contribution in [0.1, 0.15) is 34.8 Å². The van der Waals surface area contributed by atoms with Crippen molar-refractivity contribution in [3.8, 4) is 28.4 Å². The Labute approximate surface area is 254 Å². The number of fused-ring (bicyclic) bond motifs is 2. The van der Waals surface area contributed by atoms with E-state index >= 15 is 0 Å². The molecule has 4 heterocycles. The highest BCUT2D eigenvalue weighted by Gasteiger charge is 2.38. The van der Waals surface area contributed by atoms with Gasteiger partial charge in [0.25, 0.3) is 0 Å². The minimum absolute atomic E-state index is 0.00722. The Morgan fingerprint density at radius 3 is 2.72 bits per heavy atom. The quantitative estimate of drug-likeness (QED) is 0.319. The van der Waals surface area contributed by atoms with Gasteiger partial charge < -0.3 is 19.5 Å². The fourth-order valence-electron chi connectivity index (χ4n) is 5.84. The predicted octanol–water partition coefficient (Wildman–Crippen LogP) is 5.04. The molecule has 2 amide bonds. The molecule has 4 aromatic rings. The first-order chi connectivity index (χ1) is 21.0. The largest absolute Gasteiger partial charge is 0.454 e. The summed E-state index contributed by atoms with van der Waals surface area (Å²) < 4.78 is 18.8. The molecule has 0 bridgehead atoms. The van der Waals surface area contributed by atoms with Crippen LogP contribution in [0, 0.1) is 6.92 Å². The summed E-state index contributed by atoms with van der Waals surface area (Å²) in [5.74, 6) is 1.76. The zero-order chi connectivity index (χ0) is 29.3. The van der Waals surface area contributed by atoms with Gasteiger partial charge >= 0.3 is 0 Å². The van der Waals surface area contributed by atoms with Crippen LogP contribution in [0.2, 0.25) is 0 Å². The molecule has 1 aromatic heterocycles. The van der Waals surface area contributed by atoms with E-state index in [9.17, 15) is 9.59 Å². The predicted molar refractivity (Wildman–Crippen MR) is 165 cm³/mol. The van der Waals surface area contributed by atoms with E-state index in [4.69, 9.17) is 19.3 Å². The fraction of sp³-hybridized carbons (Fsp3) is 0.303. The second-order valence-corrected chi connectivity index (χ2v) is 12.0.